The van der Waals surface area contributed by atoms with Gasteiger partial charge in [-0.3, -0.25) is 4.79 Å². The lowest BCUT2D eigenvalue weighted by atomic mass is 10.0. The SMILES string of the molecule is CCOC(=O)C(C)c1ccc(C)c(Cl)c1. The fourth-order valence-electron chi connectivity index (χ4n) is 1.28. The number of aryl methyl sites for hydroxylation is 1. The molecule has 0 amide bonds. The van der Waals surface area contributed by atoms with Crippen LogP contribution in [0.15, 0.2) is 18.2 Å². The second-order valence-corrected chi connectivity index (χ2v) is 3.89. The monoisotopic (exact) mass is 226 g/mol. The van der Waals surface area contributed by atoms with Gasteiger partial charge in [-0.1, -0.05) is 23.7 Å². The standard InChI is InChI=1S/C12H15ClO2/c1-4-15-12(14)9(3)10-6-5-8(2)11(13)7-10/h5-7,9H,4H2,1-3H3. The van der Waals surface area contributed by atoms with Crippen LogP contribution in [0.5, 0.6) is 0 Å². The van der Waals surface area contributed by atoms with Crippen molar-refractivity contribution in [2.24, 2.45) is 0 Å². The number of carbonyl (C=O) groups is 1. The zero-order valence-electron chi connectivity index (χ0n) is 9.21. The maximum absolute atomic E-state index is 11.5. The summed E-state index contributed by atoms with van der Waals surface area (Å²) < 4.78 is 4.95. The molecule has 0 N–H and O–H groups in total. The molecule has 1 aromatic carbocycles. The van der Waals surface area contributed by atoms with E-state index in [1.165, 1.54) is 0 Å². The topological polar surface area (TPSA) is 26.3 Å². The summed E-state index contributed by atoms with van der Waals surface area (Å²) in [5.74, 6) is -0.472. The van der Waals surface area contributed by atoms with Crippen molar-refractivity contribution in [3.8, 4) is 0 Å². The van der Waals surface area contributed by atoms with E-state index in [2.05, 4.69) is 0 Å². The molecule has 0 spiro atoms. The number of benzene rings is 1. The van der Waals surface area contributed by atoms with E-state index in [0.29, 0.717) is 11.6 Å². The van der Waals surface area contributed by atoms with Gasteiger partial charge in [-0.15, -0.1) is 0 Å². The molecule has 0 bridgehead atoms. The van der Waals surface area contributed by atoms with Crippen molar-refractivity contribution in [3.63, 3.8) is 0 Å². The summed E-state index contributed by atoms with van der Waals surface area (Å²) in [6.45, 7) is 5.95. The Hall–Kier alpha value is -1.02. The van der Waals surface area contributed by atoms with E-state index in [1.807, 2.05) is 32.0 Å². The van der Waals surface area contributed by atoms with Gasteiger partial charge in [0.05, 0.1) is 12.5 Å². The normalized spacial score (nSPS) is 12.3. The lowest BCUT2D eigenvalue weighted by Gasteiger charge is -2.11. The Morgan fingerprint density at radius 2 is 2.20 bits per heavy atom. The van der Waals surface area contributed by atoms with Gasteiger partial charge in [-0.05, 0) is 38.0 Å². The highest BCUT2D eigenvalue weighted by Crippen LogP contribution is 2.23. The van der Waals surface area contributed by atoms with Crippen LogP contribution in [0, 0.1) is 6.92 Å². The van der Waals surface area contributed by atoms with E-state index < -0.39 is 0 Å². The van der Waals surface area contributed by atoms with E-state index >= 15 is 0 Å². The van der Waals surface area contributed by atoms with Gasteiger partial charge < -0.3 is 4.74 Å². The molecule has 0 aromatic heterocycles. The lowest BCUT2D eigenvalue weighted by Crippen LogP contribution is -2.12. The third kappa shape index (κ3) is 2.96. The molecule has 1 aromatic rings. The summed E-state index contributed by atoms with van der Waals surface area (Å²) in [7, 11) is 0. The minimum atomic E-state index is -0.261. The highest BCUT2D eigenvalue weighted by atomic mass is 35.5. The predicted molar refractivity (Wildman–Crippen MR) is 61.2 cm³/mol. The zero-order valence-corrected chi connectivity index (χ0v) is 9.97. The van der Waals surface area contributed by atoms with Crippen LogP contribution >= 0.6 is 11.6 Å². The molecule has 1 rings (SSSR count). The van der Waals surface area contributed by atoms with Gasteiger partial charge in [0.1, 0.15) is 0 Å². The molecule has 2 nitrogen and oxygen atoms in total. The molecule has 0 fully saturated rings. The van der Waals surface area contributed by atoms with E-state index in [4.69, 9.17) is 16.3 Å². The summed E-state index contributed by atoms with van der Waals surface area (Å²) in [4.78, 5) is 11.5. The van der Waals surface area contributed by atoms with Crippen LogP contribution in [0.1, 0.15) is 30.9 Å². The van der Waals surface area contributed by atoms with Crippen LogP contribution < -0.4 is 0 Å². The van der Waals surface area contributed by atoms with Gasteiger partial charge in [-0.25, -0.2) is 0 Å². The average molecular weight is 227 g/mol. The second kappa shape index (κ2) is 5.17. The first-order valence-corrected chi connectivity index (χ1v) is 5.36. The molecule has 0 aliphatic rings. The van der Waals surface area contributed by atoms with Gasteiger partial charge in [0, 0.05) is 5.02 Å². The van der Waals surface area contributed by atoms with Crippen LogP contribution in [0.3, 0.4) is 0 Å². The summed E-state index contributed by atoms with van der Waals surface area (Å²) in [5, 5.41) is 0.684. The van der Waals surface area contributed by atoms with Crippen molar-refractivity contribution >= 4 is 17.6 Å². The molecule has 3 heteroatoms. The molecule has 15 heavy (non-hydrogen) atoms. The Balaban J connectivity index is 2.86. The van der Waals surface area contributed by atoms with Crippen LogP contribution in [0.2, 0.25) is 5.02 Å². The van der Waals surface area contributed by atoms with E-state index in [-0.39, 0.29) is 11.9 Å². The molecular weight excluding hydrogens is 212 g/mol. The fraction of sp³-hybridized carbons (Fsp3) is 0.417. The predicted octanol–water partition coefficient (Wildman–Crippen LogP) is 3.32. The molecule has 0 aliphatic carbocycles. The van der Waals surface area contributed by atoms with Crippen molar-refractivity contribution in [2.45, 2.75) is 26.7 Å². The highest BCUT2D eigenvalue weighted by Gasteiger charge is 2.16. The Bertz CT molecular complexity index is 361. The maximum atomic E-state index is 11.5. The fourth-order valence-corrected chi connectivity index (χ4v) is 1.47. The Morgan fingerprint density at radius 3 is 2.73 bits per heavy atom. The third-order valence-corrected chi connectivity index (χ3v) is 2.74. The van der Waals surface area contributed by atoms with Gasteiger partial charge in [0.2, 0.25) is 0 Å². The number of carbonyl (C=O) groups excluding carboxylic acids is 1. The molecule has 0 saturated heterocycles. The summed E-state index contributed by atoms with van der Waals surface area (Å²) in [6.07, 6.45) is 0. The number of hydrogen-bond acceptors (Lipinski definition) is 2. The smallest absolute Gasteiger partial charge is 0.313 e. The van der Waals surface area contributed by atoms with Gasteiger partial charge in [0.25, 0.3) is 0 Å². The first kappa shape index (κ1) is 12.1. The van der Waals surface area contributed by atoms with E-state index in [9.17, 15) is 4.79 Å². The number of rotatable bonds is 3. The average Bonchev–Trinajstić information content (AvgIpc) is 2.21. The van der Waals surface area contributed by atoms with Crippen molar-refractivity contribution in [3.05, 3.63) is 34.3 Å². The summed E-state index contributed by atoms with van der Waals surface area (Å²) >= 11 is 5.99. The van der Waals surface area contributed by atoms with Crippen molar-refractivity contribution in [1.82, 2.24) is 0 Å². The minimum absolute atomic E-state index is 0.211. The molecule has 0 radical (unpaired) electrons. The Morgan fingerprint density at radius 1 is 1.53 bits per heavy atom. The summed E-state index contributed by atoms with van der Waals surface area (Å²) in [5.41, 5.74) is 1.90. The molecular formula is C12H15ClO2. The van der Waals surface area contributed by atoms with Crippen LogP contribution in [0.4, 0.5) is 0 Å². The molecule has 82 valence electrons. The molecule has 0 heterocycles. The quantitative estimate of drug-likeness (QED) is 0.740. The van der Waals surface area contributed by atoms with Crippen molar-refractivity contribution < 1.29 is 9.53 Å². The van der Waals surface area contributed by atoms with Gasteiger partial charge in [-0.2, -0.15) is 0 Å². The van der Waals surface area contributed by atoms with Crippen LogP contribution in [-0.2, 0) is 9.53 Å². The van der Waals surface area contributed by atoms with Crippen molar-refractivity contribution in [1.29, 1.82) is 0 Å². The number of hydrogen-bond donors (Lipinski definition) is 0. The first-order valence-electron chi connectivity index (χ1n) is 4.99. The zero-order chi connectivity index (χ0) is 11.4. The number of halogens is 1. The van der Waals surface area contributed by atoms with Crippen LogP contribution in [0.25, 0.3) is 0 Å². The maximum Gasteiger partial charge on any atom is 0.313 e. The largest absolute Gasteiger partial charge is 0.466 e. The number of esters is 1. The Labute approximate surface area is 95.2 Å². The minimum Gasteiger partial charge on any atom is -0.466 e. The molecule has 0 aliphatic heterocycles. The lowest BCUT2D eigenvalue weighted by molar-refractivity contribution is -0.144. The van der Waals surface area contributed by atoms with E-state index in [1.54, 1.807) is 6.92 Å². The van der Waals surface area contributed by atoms with Gasteiger partial charge in [0.15, 0.2) is 0 Å². The Kier molecular flexibility index (Phi) is 4.15. The molecule has 1 atom stereocenters. The van der Waals surface area contributed by atoms with Gasteiger partial charge >= 0.3 is 5.97 Å². The highest BCUT2D eigenvalue weighted by molar-refractivity contribution is 6.31. The molecule has 0 saturated carbocycles. The van der Waals surface area contributed by atoms with Crippen molar-refractivity contribution in [2.75, 3.05) is 6.61 Å². The first-order chi connectivity index (χ1) is 7.06. The number of ether oxygens (including phenoxy) is 1. The molecule has 1 unspecified atom stereocenters. The van der Waals surface area contributed by atoms with E-state index in [0.717, 1.165) is 11.1 Å². The summed E-state index contributed by atoms with van der Waals surface area (Å²) in [6, 6.07) is 5.63. The van der Waals surface area contributed by atoms with Crippen LogP contribution in [-0.4, -0.2) is 12.6 Å². The second-order valence-electron chi connectivity index (χ2n) is 3.48. The third-order valence-electron chi connectivity index (χ3n) is 2.34.